The highest BCUT2D eigenvalue weighted by Gasteiger charge is 2.25. The molecule has 0 saturated carbocycles. The number of hydrogen-bond acceptors (Lipinski definition) is 6. The molecule has 0 aliphatic carbocycles. The van der Waals surface area contributed by atoms with E-state index in [4.69, 9.17) is 9.47 Å². The first kappa shape index (κ1) is 21.0. The van der Waals surface area contributed by atoms with Crippen LogP contribution in [0.25, 0.3) is 0 Å². The Morgan fingerprint density at radius 1 is 1.33 bits per heavy atom. The first-order valence-corrected chi connectivity index (χ1v) is 8.58. The molecule has 1 unspecified atom stereocenters. The first-order valence-electron chi connectivity index (χ1n) is 8.58. The van der Waals surface area contributed by atoms with Gasteiger partial charge in [-0.15, -0.1) is 12.4 Å². The summed E-state index contributed by atoms with van der Waals surface area (Å²) in [6.45, 7) is 2.75. The van der Waals surface area contributed by atoms with Crippen LogP contribution < -0.4 is 20.1 Å². The van der Waals surface area contributed by atoms with Gasteiger partial charge >= 0.3 is 0 Å². The summed E-state index contributed by atoms with van der Waals surface area (Å²) in [4.78, 5) is 19.0. The molecule has 1 aliphatic heterocycles. The zero-order valence-electron chi connectivity index (χ0n) is 15.5. The molecular weight excluding hydrogens is 368 g/mol. The van der Waals surface area contributed by atoms with Crippen molar-refractivity contribution in [2.45, 2.75) is 6.04 Å². The lowest BCUT2D eigenvalue weighted by Gasteiger charge is -2.35. The van der Waals surface area contributed by atoms with Gasteiger partial charge in [-0.3, -0.25) is 14.7 Å². The third-order valence-corrected chi connectivity index (χ3v) is 4.45. The van der Waals surface area contributed by atoms with Crippen molar-refractivity contribution < 1.29 is 14.3 Å². The number of amides is 1. The zero-order chi connectivity index (χ0) is 18.4. The molecule has 0 radical (unpaired) electrons. The predicted octanol–water partition coefficient (Wildman–Crippen LogP) is 2.11. The molecule has 1 amide bonds. The van der Waals surface area contributed by atoms with E-state index >= 15 is 0 Å². The van der Waals surface area contributed by atoms with Crippen molar-refractivity contribution in [1.82, 2.24) is 15.2 Å². The van der Waals surface area contributed by atoms with Crippen LogP contribution in [0.15, 0.2) is 42.7 Å². The molecule has 0 bridgehead atoms. The summed E-state index contributed by atoms with van der Waals surface area (Å²) in [5.74, 6) is 1.17. The number of carbonyl (C=O) groups excluding carboxylic acids is 1. The summed E-state index contributed by atoms with van der Waals surface area (Å²) in [6.07, 6.45) is 3.61. The normalized spacial score (nSPS) is 16.9. The van der Waals surface area contributed by atoms with Crippen LogP contribution in [0.1, 0.15) is 11.6 Å². The van der Waals surface area contributed by atoms with E-state index < -0.39 is 0 Å². The van der Waals surface area contributed by atoms with Crippen molar-refractivity contribution in [1.29, 1.82) is 0 Å². The number of piperazine rings is 1. The molecule has 1 saturated heterocycles. The van der Waals surface area contributed by atoms with E-state index in [-0.39, 0.29) is 24.4 Å². The third-order valence-electron chi connectivity index (χ3n) is 4.45. The largest absolute Gasteiger partial charge is 0.497 e. The summed E-state index contributed by atoms with van der Waals surface area (Å²) in [5, 5.41) is 6.32. The lowest BCUT2D eigenvalue weighted by Crippen LogP contribution is -2.48. The molecule has 3 rings (SSSR count). The Kier molecular flexibility index (Phi) is 7.84. The van der Waals surface area contributed by atoms with Crippen LogP contribution in [0.5, 0.6) is 11.5 Å². The van der Waals surface area contributed by atoms with Crippen molar-refractivity contribution in [3.8, 4) is 11.5 Å². The van der Waals surface area contributed by atoms with Gasteiger partial charge in [0.2, 0.25) is 5.91 Å². The molecule has 146 valence electrons. The number of nitrogens with zero attached hydrogens (tertiary/aromatic N) is 2. The number of ether oxygens (including phenoxy) is 2. The van der Waals surface area contributed by atoms with Crippen LogP contribution in [0, 0.1) is 0 Å². The number of methoxy groups -OCH3 is 2. The minimum atomic E-state index is -0.0794. The molecule has 1 aliphatic rings. The molecule has 1 aromatic carbocycles. The van der Waals surface area contributed by atoms with Crippen molar-refractivity contribution in [3.63, 3.8) is 0 Å². The van der Waals surface area contributed by atoms with Gasteiger partial charge in [0, 0.05) is 44.1 Å². The Bertz CT molecular complexity index is 745. The molecule has 27 heavy (non-hydrogen) atoms. The second-order valence-electron chi connectivity index (χ2n) is 6.09. The maximum absolute atomic E-state index is 12.6. The summed E-state index contributed by atoms with van der Waals surface area (Å²) in [7, 11) is 3.16. The van der Waals surface area contributed by atoms with Crippen LogP contribution in [0.4, 0.5) is 5.69 Å². The third kappa shape index (κ3) is 5.32. The van der Waals surface area contributed by atoms with Gasteiger partial charge in [-0.2, -0.15) is 0 Å². The summed E-state index contributed by atoms with van der Waals surface area (Å²) < 4.78 is 10.5. The fourth-order valence-electron chi connectivity index (χ4n) is 3.11. The topological polar surface area (TPSA) is 75.7 Å². The average molecular weight is 393 g/mol. The Morgan fingerprint density at radius 3 is 2.89 bits per heavy atom. The van der Waals surface area contributed by atoms with E-state index in [0.717, 1.165) is 25.2 Å². The van der Waals surface area contributed by atoms with E-state index in [1.165, 1.54) is 0 Å². The number of aromatic nitrogens is 1. The second-order valence-corrected chi connectivity index (χ2v) is 6.09. The molecule has 1 aromatic heterocycles. The number of anilines is 1. The van der Waals surface area contributed by atoms with Crippen LogP contribution in [-0.2, 0) is 4.79 Å². The van der Waals surface area contributed by atoms with Crippen molar-refractivity contribution in [2.75, 3.05) is 45.7 Å². The quantitative estimate of drug-likeness (QED) is 0.784. The Morgan fingerprint density at radius 2 is 2.19 bits per heavy atom. The van der Waals surface area contributed by atoms with Gasteiger partial charge in [0.25, 0.3) is 0 Å². The monoisotopic (exact) mass is 392 g/mol. The number of benzene rings is 1. The molecule has 8 heteroatoms. The van der Waals surface area contributed by atoms with Gasteiger partial charge in [0.1, 0.15) is 11.5 Å². The van der Waals surface area contributed by atoms with E-state index in [1.807, 2.05) is 18.3 Å². The molecular formula is C19H25ClN4O3. The van der Waals surface area contributed by atoms with Gasteiger partial charge < -0.3 is 20.1 Å². The molecule has 7 nitrogen and oxygen atoms in total. The number of pyridine rings is 1. The number of halogens is 1. The zero-order valence-corrected chi connectivity index (χ0v) is 16.3. The van der Waals surface area contributed by atoms with Crippen LogP contribution in [0.2, 0.25) is 0 Å². The maximum Gasteiger partial charge on any atom is 0.238 e. The van der Waals surface area contributed by atoms with E-state index in [2.05, 4.69) is 20.5 Å². The average Bonchev–Trinajstić information content (AvgIpc) is 2.69. The molecule has 2 heterocycles. The van der Waals surface area contributed by atoms with Gasteiger partial charge in [-0.05, 0) is 23.8 Å². The van der Waals surface area contributed by atoms with Crippen LogP contribution in [0.3, 0.4) is 0 Å². The number of carbonyl (C=O) groups is 1. The van der Waals surface area contributed by atoms with Gasteiger partial charge in [0.15, 0.2) is 0 Å². The Hall–Kier alpha value is -2.35. The number of nitrogens with one attached hydrogen (secondary N) is 2. The van der Waals surface area contributed by atoms with Crippen molar-refractivity contribution in [3.05, 3.63) is 48.3 Å². The van der Waals surface area contributed by atoms with Gasteiger partial charge in [0.05, 0.1) is 26.5 Å². The smallest absolute Gasteiger partial charge is 0.238 e. The maximum atomic E-state index is 12.6. The minimum absolute atomic E-state index is 0. The van der Waals surface area contributed by atoms with E-state index in [1.54, 1.807) is 38.6 Å². The first-order chi connectivity index (χ1) is 12.7. The molecule has 2 N–H and O–H groups in total. The molecule has 0 spiro atoms. The van der Waals surface area contributed by atoms with E-state index in [9.17, 15) is 4.79 Å². The van der Waals surface area contributed by atoms with E-state index in [0.29, 0.717) is 23.7 Å². The molecule has 1 fully saturated rings. The Balaban J connectivity index is 0.00000261. The molecule has 2 aromatic rings. The van der Waals surface area contributed by atoms with Crippen LogP contribution >= 0.6 is 12.4 Å². The van der Waals surface area contributed by atoms with Gasteiger partial charge in [-0.25, -0.2) is 0 Å². The van der Waals surface area contributed by atoms with Gasteiger partial charge in [-0.1, -0.05) is 6.07 Å². The summed E-state index contributed by atoms with van der Waals surface area (Å²) >= 11 is 0. The molecule has 1 atom stereocenters. The highest BCUT2D eigenvalue weighted by molar-refractivity contribution is 5.93. The number of hydrogen-bond donors (Lipinski definition) is 2. The SMILES string of the molecule is COc1ccc(NC(=O)CN2CCNCC2c2cccnc2)c(OC)c1.Cl. The highest BCUT2D eigenvalue weighted by atomic mass is 35.5. The fourth-order valence-corrected chi connectivity index (χ4v) is 3.11. The Labute approximate surface area is 165 Å². The van der Waals surface area contributed by atoms with Crippen molar-refractivity contribution >= 4 is 24.0 Å². The standard InChI is InChI=1S/C19H24N4O3.ClH/c1-25-15-5-6-16(18(10-15)26-2)22-19(24)13-23-9-8-21-12-17(23)14-4-3-7-20-11-14;/h3-7,10-11,17,21H,8-9,12-13H2,1-2H3,(H,22,24);1H. The van der Waals surface area contributed by atoms with Crippen LogP contribution in [-0.4, -0.2) is 56.2 Å². The second kappa shape index (κ2) is 10.1. The summed E-state index contributed by atoms with van der Waals surface area (Å²) in [6, 6.07) is 9.42. The highest BCUT2D eigenvalue weighted by Crippen LogP contribution is 2.29. The minimum Gasteiger partial charge on any atom is -0.497 e. The lowest BCUT2D eigenvalue weighted by atomic mass is 10.1. The summed E-state index contributed by atoms with van der Waals surface area (Å²) in [5.41, 5.74) is 1.74. The fraction of sp³-hybridized carbons (Fsp3) is 0.368. The lowest BCUT2D eigenvalue weighted by molar-refractivity contribution is -0.118. The predicted molar refractivity (Wildman–Crippen MR) is 107 cm³/mol. The number of rotatable bonds is 6. The van der Waals surface area contributed by atoms with Crippen molar-refractivity contribution in [2.24, 2.45) is 0 Å².